The van der Waals surface area contributed by atoms with Crippen LogP contribution >= 0.6 is 0 Å². The number of hydrogen-bond donors (Lipinski definition) is 4. The van der Waals surface area contributed by atoms with Gasteiger partial charge in [-0.15, -0.1) is 0 Å². The van der Waals surface area contributed by atoms with Crippen LogP contribution in [0.1, 0.15) is 99.8 Å². The Hall–Kier alpha value is -0.830. The Balaban J connectivity index is 1.51. The molecule has 0 aromatic carbocycles. The van der Waals surface area contributed by atoms with Gasteiger partial charge in [0.1, 0.15) is 0 Å². The van der Waals surface area contributed by atoms with Gasteiger partial charge in [0.05, 0.1) is 35.1 Å². The highest BCUT2D eigenvalue weighted by molar-refractivity contribution is 5.95. The van der Waals surface area contributed by atoms with E-state index in [0.717, 1.165) is 24.8 Å². The molecule has 1 aliphatic heterocycles. The Morgan fingerprint density at radius 1 is 1.03 bits per heavy atom. The predicted octanol–water partition coefficient (Wildman–Crippen LogP) is 3.65. The summed E-state index contributed by atoms with van der Waals surface area (Å²) in [7, 11) is 0. The van der Waals surface area contributed by atoms with Gasteiger partial charge in [-0.2, -0.15) is 0 Å². The monoisotopic (exact) mass is 520 g/mol. The number of allylic oxidation sites excluding steroid dienone is 1. The van der Waals surface area contributed by atoms with Crippen LogP contribution in [0.4, 0.5) is 0 Å². The number of ketones is 1. The van der Waals surface area contributed by atoms with Gasteiger partial charge in [-0.25, -0.2) is 0 Å². The minimum absolute atomic E-state index is 0.000157. The van der Waals surface area contributed by atoms with E-state index in [1.54, 1.807) is 6.08 Å². The number of rotatable bonds is 4. The van der Waals surface area contributed by atoms with Gasteiger partial charge in [0.15, 0.2) is 11.6 Å². The molecule has 4 N–H and O–H groups in total. The number of aliphatic hydroxyl groups excluding tert-OH is 2. The van der Waals surface area contributed by atoms with Crippen LogP contribution in [-0.4, -0.2) is 67.1 Å². The Bertz CT molecular complexity index is 983. The summed E-state index contributed by atoms with van der Waals surface area (Å²) in [5, 5.41) is 43.9. The molecule has 7 heteroatoms. The summed E-state index contributed by atoms with van der Waals surface area (Å²) in [5.74, 6) is -1.14. The molecule has 1 heterocycles. The van der Waals surface area contributed by atoms with Crippen LogP contribution in [0.25, 0.3) is 0 Å². The van der Waals surface area contributed by atoms with E-state index in [-0.39, 0.29) is 36.1 Å². The van der Waals surface area contributed by atoms with E-state index in [9.17, 15) is 25.2 Å². The van der Waals surface area contributed by atoms with Gasteiger partial charge in [0.25, 0.3) is 0 Å². The second-order valence-corrected chi connectivity index (χ2v) is 14.7. The van der Waals surface area contributed by atoms with Crippen LogP contribution in [-0.2, 0) is 14.3 Å². The number of hydrogen-bond acceptors (Lipinski definition) is 7. The number of fused-ring (bicyclic) bond motifs is 5. The summed E-state index contributed by atoms with van der Waals surface area (Å²) in [6, 6.07) is 0. The van der Waals surface area contributed by atoms with Gasteiger partial charge in [-0.1, -0.05) is 13.8 Å². The Morgan fingerprint density at radius 2 is 1.70 bits per heavy atom. The molecular weight excluding hydrogens is 472 g/mol. The molecule has 5 aliphatic rings. The highest BCUT2D eigenvalue weighted by Gasteiger charge is 2.71. The van der Waals surface area contributed by atoms with E-state index in [1.165, 1.54) is 0 Å². The average molecular weight is 521 g/mol. The standard InChI is InChI=1S/C30H48O7/c1-25(2,34)11-10-24-29(7,37-26(3,4)36-24)23-9-13-30(35)18-14-20(31)19-15-21(32)22(33)16-27(19,5)17(18)8-12-28(23,30)6/h14,17,19,21-24,32-35H,8-13,15-16H2,1-7H3/t17?,19-,21+,22+,23-,24+,27+,28+,29+,30+/m0/s1. The van der Waals surface area contributed by atoms with Crippen LogP contribution in [0.5, 0.6) is 0 Å². The van der Waals surface area contributed by atoms with Gasteiger partial charge in [0, 0.05) is 11.3 Å². The minimum Gasteiger partial charge on any atom is -0.390 e. The fraction of sp³-hybridized carbons (Fsp3) is 0.900. The molecule has 0 bridgehead atoms. The smallest absolute Gasteiger partial charge is 0.164 e. The molecule has 210 valence electrons. The Labute approximate surface area is 221 Å². The Morgan fingerprint density at radius 3 is 2.35 bits per heavy atom. The third kappa shape index (κ3) is 4.02. The van der Waals surface area contributed by atoms with Crippen molar-refractivity contribution >= 4 is 5.78 Å². The van der Waals surface area contributed by atoms with Crippen LogP contribution in [0, 0.1) is 28.6 Å². The highest BCUT2D eigenvalue weighted by atomic mass is 16.8. The normalized spacial score (nSPS) is 51.3. The third-order valence-corrected chi connectivity index (χ3v) is 11.4. The van der Waals surface area contributed by atoms with E-state index in [0.29, 0.717) is 25.7 Å². The molecule has 1 unspecified atom stereocenters. The fourth-order valence-corrected chi connectivity index (χ4v) is 9.49. The van der Waals surface area contributed by atoms with Gasteiger partial charge in [0.2, 0.25) is 0 Å². The molecule has 10 atom stereocenters. The molecule has 4 aliphatic carbocycles. The van der Waals surface area contributed by atoms with Gasteiger partial charge in [-0.05, 0) is 115 Å². The molecule has 1 saturated heterocycles. The summed E-state index contributed by atoms with van der Waals surface area (Å²) >= 11 is 0. The molecule has 7 nitrogen and oxygen atoms in total. The SMILES string of the molecule is CC(C)(O)CC[C@H]1OC(C)(C)O[C@]1(C)[C@H]1CC[C@@]2(O)C3=CC(=O)[C@@H]4C[C@@H](O)[C@H](O)C[C@]4(C)C3CC[C@]12C. The zero-order chi connectivity index (χ0) is 27.4. The number of carbonyl (C=O) groups excluding carboxylic acids is 1. The largest absolute Gasteiger partial charge is 0.390 e. The summed E-state index contributed by atoms with van der Waals surface area (Å²) in [5.41, 5.74) is -2.79. The van der Waals surface area contributed by atoms with E-state index < -0.39 is 45.6 Å². The van der Waals surface area contributed by atoms with Crippen molar-refractivity contribution in [2.45, 2.75) is 141 Å². The second-order valence-electron chi connectivity index (χ2n) is 14.7. The maximum absolute atomic E-state index is 13.4. The summed E-state index contributed by atoms with van der Waals surface area (Å²) in [6.07, 6.45) is 4.51. The molecule has 0 spiro atoms. The van der Waals surface area contributed by atoms with Crippen LogP contribution < -0.4 is 0 Å². The van der Waals surface area contributed by atoms with Crippen molar-refractivity contribution in [1.82, 2.24) is 0 Å². The lowest BCUT2D eigenvalue weighted by Gasteiger charge is -2.60. The van der Waals surface area contributed by atoms with Crippen LogP contribution in [0.3, 0.4) is 0 Å². The van der Waals surface area contributed by atoms with Crippen molar-refractivity contribution in [2.75, 3.05) is 0 Å². The van der Waals surface area contributed by atoms with E-state index in [4.69, 9.17) is 9.47 Å². The number of carbonyl (C=O) groups is 1. The number of ether oxygens (including phenoxy) is 2. The molecule has 0 aromatic rings. The summed E-state index contributed by atoms with van der Waals surface area (Å²) < 4.78 is 13.1. The molecule has 0 aromatic heterocycles. The quantitative estimate of drug-likeness (QED) is 0.447. The van der Waals surface area contributed by atoms with Gasteiger partial charge < -0.3 is 29.9 Å². The van der Waals surface area contributed by atoms with Crippen LogP contribution in [0.2, 0.25) is 0 Å². The molecule has 5 rings (SSSR count). The van der Waals surface area contributed by atoms with Crippen molar-refractivity contribution in [2.24, 2.45) is 28.6 Å². The van der Waals surface area contributed by atoms with Crippen molar-refractivity contribution in [3.8, 4) is 0 Å². The first kappa shape index (κ1) is 27.7. The van der Waals surface area contributed by atoms with E-state index in [1.807, 2.05) is 27.7 Å². The van der Waals surface area contributed by atoms with E-state index in [2.05, 4.69) is 20.8 Å². The van der Waals surface area contributed by atoms with Gasteiger partial charge in [-0.3, -0.25) is 4.79 Å². The Kier molecular flexibility index (Phi) is 6.25. The number of aliphatic hydroxyl groups is 4. The maximum atomic E-state index is 13.4. The van der Waals surface area contributed by atoms with E-state index >= 15 is 0 Å². The molecule has 4 fully saturated rings. The average Bonchev–Trinajstić information content (AvgIpc) is 3.17. The van der Waals surface area contributed by atoms with Crippen molar-refractivity contribution in [3.63, 3.8) is 0 Å². The van der Waals surface area contributed by atoms with Gasteiger partial charge >= 0.3 is 0 Å². The first-order valence-electron chi connectivity index (χ1n) is 14.3. The zero-order valence-corrected chi connectivity index (χ0v) is 23.7. The molecule has 3 saturated carbocycles. The first-order valence-corrected chi connectivity index (χ1v) is 14.3. The predicted molar refractivity (Wildman–Crippen MR) is 138 cm³/mol. The maximum Gasteiger partial charge on any atom is 0.164 e. The molecule has 0 amide bonds. The van der Waals surface area contributed by atoms with Crippen LogP contribution in [0.15, 0.2) is 11.6 Å². The topological polar surface area (TPSA) is 116 Å². The van der Waals surface area contributed by atoms with Crippen molar-refractivity contribution in [1.29, 1.82) is 0 Å². The second kappa shape index (κ2) is 8.34. The molecular formula is C30H48O7. The summed E-state index contributed by atoms with van der Waals surface area (Å²) in [4.78, 5) is 13.4. The van der Waals surface area contributed by atoms with Crippen molar-refractivity contribution in [3.05, 3.63) is 11.6 Å². The summed E-state index contributed by atoms with van der Waals surface area (Å²) in [6.45, 7) is 13.8. The fourth-order valence-electron chi connectivity index (χ4n) is 9.49. The van der Waals surface area contributed by atoms with Crippen molar-refractivity contribution < 1.29 is 34.7 Å². The molecule has 0 radical (unpaired) electrons. The lowest BCUT2D eigenvalue weighted by atomic mass is 9.45. The highest BCUT2D eigenvalue weighted by Crippen LogP contribution is 2.69. The lowest BCUT2D eigenvalue weighted by Crippen LogP contribution is -2.62. The minimum atomic E-state index is -1.15. The lowest BCUT2D eigenvalue weighted by molar-refractivity contribution is -0.191. The zero-order valence-electron chi connectivity index (χ0n) is 23.7. The molecule has 37 heavy (non-hydrogen) atoms. The third-order valence-electron chi connectivity index (χ3n) is 11.4. The first-order chi connectivity index (χ1) is 16.9.